The van der Waals surface area contributed by atoms with Crippen LogP contribution in [0.4, 0.5) is 0 Å². The summed E-state index contributed by atoms with van der Waals surface area (Å²) in [5, 5.41) is 7.01. The van der Waals surface area contributed by atoms with Crippen molar-refractivity contribution in [2.75, 3.05) is 13.2 Å². The van der Waals surface area contributed by atoms with Gasteiger partial charge in [0.1, 0.15) is 11.5 Å². The highest BCUT2D eigenvalue weighted by Gasteiger charge is 2.16. The third-order valence-corrected chi connectivity index (χ3v) is 2.62. The summed E-state index contributed by atoms with van der Waals surface area (Å²) in [6.07, 6.45) is 1.86. The Morgan fingerprint density at radius 3 is 2.22 bits per heavy atom. The minimum absolute atomic E-state index is 0.604. The number of ether oxygens (including phenoxy) is 2. The van der Waals surface area contributed by atoms with Crippen molar-refractivity contribution in [1.82, 2.24) is 10.2 Å². The number of nitrogens with one attached hydrogen (secondary N) is 1. The van der Waals surface area contributed by atoms with E-state index in [-0.39, 0.29) is 0 Å². The predicted molar refractivity (Wildman–Crippen MR) is 69.9 cm³/mol. The number of hydrogen-bond donors (Lipinski definition) is 1. The van der Waals surface area contributed by atoms with Gasteiger partial charge in [-0.2, -0.15) is 5.10 Å². The van der Waals surface area contributed by atoms with Gasteiger partial charge in [0.05, 0.1) is 24.5 Å². The summed E-state index contributed by atoms with van der Waals surface area (Å²) < 4.78 is 11.3. The predicted octanol–water partition coefficient (Wildman–Crippen LogP) is 2.98. The Balaban J connectivity index is 2.56. The molecule has 0 saturated carbocycles. The van der Waals surface area contributed by atoms with Crippen LogP contribution in [0.2, 0.25) is 0 Å². The SMILES string of the molecule is CCOc1c[c]cc(OCC)c1-c1c[nH]nc1C. The maximum absolute atomic E-state index is 5.65. The molecule has 4 heteroatoms. The molecule has 2 rings (SSSR count). The molecule has 0 aliphatic carbocycles. The van der Waals surface area contributed by atoms with Gasteiger partial charge >= 0.3 is 0 Å². The van der Waals surface area contributed by atoms with Crippen molar-refractivity contribution < 1.29 is 9.47 Å². The average molecular weight is 245 g/mol. The second-order valence-corrected chi connectivity index (χ2v) is 3.81. The first kappa shape index (κ1) is 12.5. The molecule has 1 N–H and O–H groups in total. The molecular formula is C14H17N2O2. The van der Waals surface area contributed by atoms with Crippen molar-refractivity contribution in [3.8, 4) is 22.6 Å². The monoisotopic (exact) mass is 245 g/mol. The molecule has 0 fully saturated rings. The lowest BCUT2D eigenvalue weighted by atomic mass is 10.0. The third kappa shape index (κ3) is 2.32. The molecule has 18 heavy (non-hydrogen) atoms. The molecule has 0 atom stereocenters. The summed E-state index contributed by atoms with van der Waals surface area (Å²) in [6, 6.07) is 6.69. The average Bonchev–Trinajstić information content (AvgIpc) is 2.77. The van der Waals surface area contributed by atoms with Crippen LogP contribution in [-0.2, 0) is 0 Å². The van der Waals surface area contributed by atoms with Crippen LogP contribution in [0.15, 0.2) is 18.3 Å². The van der Waals surface area contributed by atoms with E-state index in [4.69, 9.17) is 9.47 Å². The highest BCUT2D eigenvalue weighted by molar-refractivity contribution is 5.77. The summed E-state index contributed by atoms with van der Waals surface area (Å²) in [5.41, 5.74) is 2.85. The van der Waals surface area contributed by atoms with Crippen LogP contribution in [0.1, 0.15) is 19.5 Å². The number of hydrogen-bond acceptors (Lipinski definition) is 3. The van der Waals surface area contributed by atoms with Crippen molar-refractivity contribution in [1.29, 1.82) is 0 Å². The Morgan fingerprint density at radius 1 is 1.17 bits per heavy atom. The topological polar surface area (TPSA) is 47.1 Å². The lowest BCUT2D eigenvalue weighted by Gasteiger charge is -2.14. The van der Waals surface area contributed by atoms with Gasteiger partial charge in [0.2, 0.25) is 0 Å². The number of benzene rings is 1. The highest BCUT2D eigenvalue weighted by Crippen LogP contribution is 2.39. The summed E-state index contributed by atoms with van der Waals surface area (Å²) >= 11 is 0. The fraction of sp³-hybridized carbons (Fsp3) is 0.357. The van der Waals surface area contributed by atoms with Crippen molar-refractivity contribution >= 4 is 0 Å². The zero-order valence-electron chi connectivity index (χ0n) is 10.9. The number of aromatic nitrogens is 2. The van der Waals surface area contributed by atoms with Crippen LogP contribution in [0.3, 0.4) is 0 Å². The number of rotatable bonds is 5. The molecule has 1 radical (unpaired) electrons. The van der Waals surface area contributed by atoms with Crippen LogP contribution < -0.4 is 9.47 Å². The fourth-order valence-electron chi connectivity index (χ4n) is 1.87. The van der Waals surface area contributed by atoms with Crippen LogP contribution in [0, 0.1) is 13.0 Å². The minimum atomic E-state index is 0.604. The van der Waals surface area contributed by atoms with Gasteiger partial charge in [0, 0.05) is 11.8 Å². The molecule has 0 bridgehead atoms. The first-order valence-corrected chi connectivity index (χ1v) is 6.08. The molecule has 0 spiro atoms. The largest absolute Gasteiger partial charge is 0.493 e. The second kappa shape index (κ2) is 5.58. The smallest absolute Gasteiger partial charge is 0.131 e. The van der Waals surface area contributed by atoms with Crippen LogP contribution >= 0.6 is 0 Å². The summed E-state index contributed by atoms with van der Waals surface area (Å²) in [6.45, 7) is 7.08. The van der Waals surface area contributed by atoms with Crippen LogP contribution in [-0.4, -0.2) is 23.4 Å². The molecule has 4 nitrogen and oxygen atoms in total. The maximum Gasteiger partial charge on any atom is 0.131 e. The lowest BCUT2D eigenvalue weighted by Crippen LogP contribution is -1.99. The molecule has 95 valence electrons. The highest BCUT2D eigenvalue weighted by atomic mass is 16.5. The van der Waals surface area contributed by atoms with Crippen molar-refractivity contribution in [2.45, 2.75) is 20.8 Å². The summed E-state index contributed by atoms with van der Waals surface area (Å²) in [7, 11) is 0. The minimum Gasteiger partial charge on any atom is -0.493 e. The second-order valence-electron chi connectivity index (χ2n) is 3.81. The van der Waals surface area contributed by atoms with E-state index >= 15 is 0 Å². The number of aromatic amines is 1. The fourth-order valence-corrected chi connectivity index (χ4v) is 1.87. The van der Waals surface area contributed by atoms with E-state index in [0.717, 1.165) is 28.3 Å². The first-order chi connectivity index (χ1) is 8.77. The molecule has 1 heterocycles. The van der Waals surface area contributed by atoms with Crippen molar-refractivity contribution in [2.24, 2.45) is 0 Å². The molecular weight excluding hydrogens is 228 g/mol. The Morgan fingerprint density at radius 2 is 1.78 bits per heavy atom. The van der Waals surface area contributed by atoms with Gasteiger partial charge in [-0.1, -0.05) is 0 Å². The molecule has 0 aliphatic heterocycles. The molecule has 0 saturated heterocycles. The summed E-state index contributed by atoms with van der Waals surface area (Å²) in [5.74, 6) is 1.54. The van der Waals surface area contributed by atoms with Gasteiger partial charge in [-0.05, 0) is 39.0 Å². The number of aryl methyl sites for hydroxylation is 1. The van der Waals surface area contributed by atoms with E-state index in [0.29, 0.717) is 13.2 Å². The van der Waals surface area contributed by atoms with Gasteiger partial charge in [-0.15, -0.1) is 0 Å². The third-order valence-electron chi connectivity index (χ3n) is 2.62. The summed E-state index contributed by atoms with van der Waals surface area (Å²) in [4.78, 5) is 0. The molecule has 2 aromatic rings. The van der Waals surface area contributed by atoms with E-state index in [1.807, 2.05) is 39.1 Å². The van der Waals surface area contributed by atoms with E-state index in [1.165, 1.54) is 0 Å². The normalized spacial score (nSPS) is 10.4. The zero-order chi connectivity index (χ0) is 13.0. The molecule has 0 amide bonds. The molecule has 0 aliphatic rings. The van der Waals surface area contributed by atoms with E-state index in [1.54, 1.807) is 0 Å². The molecule has 1 aromatic heterocycles. The van der Waals surface area contributed by atoms with Crippen LogP contribution in [0.25, 0.3) is 11.1 Å². The van der Waals surface area contributed by atoms with Gasteiger partial charge < -0.3 is 9.47 Å². The van der Waals surface area contributed by atoms with E-state index in [9.17, 15) is 0 Å². The Labute approximate surface area is 107 Å². The van der Waals surface area contributed by atoms with Crippen molar-refractivity contribution in [3.63, 3.8) is 0 Å². The van der Waals surface area contributed by atoms with Gasteiger partial charge in [0.25, 0.3) is 0 Å². The maximum atomic E-state index is 5.65. The quantitative estimate of drug-likeness (QED) is 0.880. The van der Waals surface area contributed by atoms with E-state index in [2.05, 4.69) is 16.3 Å². The van der Waals surface area contributed by atoms with Crippen molar-refractivity contribution in [3.05, 3.63) is 30.1 Å². The standard InChI is InChI=1S/C14H17N2O2/c1-4-17-12-7-6-8-13(18-5-2)14(12)11-9-15-16-10(11)3/h7-9H,4-5H2,1-3H3,(H,15,16). The number of H-pyrrole nitrogens is 1. The first-order valence-electron chi connectivity index (χ1n) is 6.08. The van der Waals surface area contributed by atoms with Gasteiger partial charge in [-0.25, -0.2) is 0 Å². The van der Waals surface area contributed by atoms with Gasteiger partial charge in [0.15, 0.2) is 0 Å². The zero-order valence-corrected chi connectivity index (χ0v) is 10.9. The van der Waals surface area contributed by atoms with E-state index < -0.39 is 0 Å². The lowest BCUT2D eigenvalue weighted by molar-refractivity contribution is 0.325. The van der Waals surface area contributed by atoms with Gasteiger partial charge in [-0.3, -0.25) is 5.10 Å². The molecule has 1 aromatic carbocycles. The van der Waals surface area contributed by atoms with Crippen LogP contribution in [0.5, 0.6) is 11.5 Å². The Bertz CT molecular complexity index is 496. The Kier molecular flexibility index (Phi) is 3.87. The number of nitrogens with zero attached hydrogens (tertiary/aromatic N) is 1. The Hall–Kier alpha value is -1.97. The molecule has 0 unspecified atom stereocenters.